The number of hydrogen-bond acceptors (Lipinski definition) is 9. The van der Waals surface area contributed by atoms with Crippen LogP contribution in [0.5, 0.6) is 0 Å². The average Bonchev–Trinajstić information content (AvgIpc) is 2.71. The highest BCUT2D eigenvalue weighted by molar-refractivity contribution is 5.68. The molecule has 0 aromatic heterocycles. The van der Waals surface area contributed by atoms with E-state index >= 15 is 0 Å². The van der Waals surface area contributed by atoms with Crippen LogP contribution in [0, 0.1) is 0 Å². The van der Waals surface area contributed by atoms with Crippen LogP contribution in [-0.4, -0.2) is 55.1 Å². The number of carbonyl (C=O) groups excluding carboxylic acids is 4. The Bertz CT molecular complexity index is 487. The van der Waals surface area contributed by atoms with Crippen LogP contribution in [-0.2, 0) is 42.9 Å². The van der Waals surface area contributed by atoms with E-state index in [2.05, 4.69) is 0 Å². The SMILES string of the molecule is CC(=O)OC[C@@H]1C[C@@H](OC(C)=O)C(COC(C)=O)(OC(C)=O)O1. The molecule has 1 rings (SSSR count). The van der Waals surface area contributed by atoms with Crippen molar-refractivity contribution in [2.45, 2.75) is 52.1 Å². The third-order valence-electron chi connectivity index (χ3n) is 2.91. The molecule has 9 heteroatoms. The Morgan fingerprint density at radius 1 is 0.957 bits per heavy atom. The number of ether oxygens (including phenoxy) is 5. The number of hydrogen-bond donors (Lipinski definition) is 0. The summed E-state index contributed by atoms with van der Waals surface area (Å²) < 4.78 is 25.6. The maximum Gasteiger partial charge on any atom is 0.305 e. The van der Waals surface area contributed by atoms with E-state index in [1.54, 1.807) is 0 Å². The maximum atomic E-state index is 11.4. The predicted octanol–water partition coefficient (Wildman–Crippen LogP) is 0.0926. The van der Waals surface area contributed by atoms with Gasteiger partial charge in [-0.25, -0.2) is 0 Å². The molecule has 0 aromatic rings. The van der Waals surface area contributed by atoms with Crippen molar-refractivity contribution in [3.05, 3.63) is 0 Å². The van der Waals surface area contributed by atoms with E-state index in [0.717, 1.165) is 6.92 Å². The summed E-state index contributed by atoms with van der Waals surface area (Å²) >= 11 is 0. The fourth-order valence-corrected chi connectivity index (χ4v) is 2.17. The molecule has 0 amide bonds. The second-order valence-corrected chi connectivity index (χ2v) is 5.06. The Hall–Kier alpha value is -2.16. The van der Waals surface area contributed by atoms with Gasteiger partial charge in [-0.2, -0.15) is 0 Å². The van der Waals surface area contributed by atoms with Crippen molar-refractivity contribution >= 4 is 23.9 Å². The quantitative estimate of drug-likeness (QED) is 0.493. The molecule has 0 aromatic carbocycles. The lowest BCUT2D eigenvalue weighted by atomic mass is 10.1. The molecule has 3 atom stereocenters. The van der Waals surface area contributed by atoms with Gasteiger partial charge in [0.05, 0.1) is 0 Å². The first-order valence-corrected chi connectivity index (χ1v) is 6.96. The summed E-state index contributed by atoms with van der Waals surface area (Å²) in [6.07, 6.45) is -1.57. The first-order chi connectivity index (χ1) is 10.6. The summed E-state index contributed by atoms with van der Waals surface area (Å²) in [6.45, 7) is 4.17. The molecule has 9 nitrogen and oxygen atoms in total. The third kappa shape index (κ3) is 5.85. The van der Waals surface area contributed by atoms with Crippen LogP contribution in [0.25, 0.3) is 0 Å². The Morgan fingerprint density at radius 2 is 1.57 bits per heavy atom. The van der Waals surface area contributed by atoms with Crippen LogP contribution < -0.4 is 0 Å². The van der Waals surface area contributed by atoms with Crippen LogP contribution >= 0.6 is 0 Å². The Labute approximate surface area is 133 Å². The molecule has 0 saturated carbocycles. The molecule has 0 radical (unpaired) electrons. The minimum absolute atomic E-state index is 0.113. The van der Waals surface area contributed by atoms with Gasteiger partial charge >= 0.3 is 23.9 Å². The largest absolute Gasteiger partial charge is 0.463 e. The number of esters is 4. The van der Waals surface area contributed by atoms with E-state index in [1.807, 2.05) is 0 Å². The first kappa shape index (κ1) is 18.9. The van der Waals surface area contributed by atoms with Crippen LogP contribution in [0.3, 0.4) is 0 Å². The van der Waals surface area contributed by atoms with Crippen molar-refractivity contribution in [2.75, 3.05) is 13.2 Å². The maximum absolute atomic E-state index is 11.4. The van der Waals surface area contributed by atoms with Gasteiger partial charge < -0.3 is 23.7 Å². The number of carbonyl (C=O) groups is 4. The molecule has 1 heterocycles. The van der Waals surface area contributed by atoms with Crippen LogP contribution in [0.15, 0.2) is 0 Å². The molecule has 23 heavy (non-hydrogen) atoms. The molecular formula is C14H20O9. The zero-order valence-corrected chi connectivity index (χ0v) is 13.5. The topological polar surface area (TPSA) is 114 Å². The Morgan fingerprint density at radius 3 is 2.04 bits per heavy atom. The zero-order chi connectivity index (χ0) is 17.6. The van der Waals surface area contributed by atoms with Gasteiger partial charge in [-0.15, -0.1) is 0 Å². The predicted molar refractivity (Wildman–Crippen MR) is 72.8 cm³/mol. The molecule has 0 N–H and O–H groups in total. The molecule has 0 spiro atoms. The Kier molecular flexibility index (Phi) is 6.49. The monoisotopic (exact) mass is 332 g/mol. The minimum Gasteiger partial charge on any atom is -0.463 e. The van der Waals surface area contributed by atoms with E-state index in [4.69, 9.17) is 23.7 Å². The fourth-order valence-electron chi connectivity index (χ4n) is 2.17. The fraction of sp³-hybridized carbons (Fsp3) is 0.714. The highest BCUT2D eigenvalue weighted by Gasteiger charge is 2.55. The standard InChI is InChI=1S/C14H20O9/c1-8(15)19-6-12-5-13(21-10(3)17)14(23-12,22-11(4)18)7-20-9(2)16/h12-13H,5-7H2,1-4H3/t12-,13+,14?/m0/s1. The summed E-state index contributed by atoms with van der Waals surface area (Å²) in [6, 6.07) is 0. The van der Waals surface area contributed by atoms with E-state index < -0.39 is 48.5 Å². The third-order valence-corrected chi connectivity index (χ3v) is 2.91. The van der Waals surface area contributed by atoms with Crippen LogP contribution in [0.2, 0.25) is 0 Å². The summed E-state index contributed by atoms with van der Waals surface area (Å²) in [5.41, 5.74) is 0. The Balaban J connectivity index is 2.96. The lowest BCUT2D eigenvalue weighted by Crippen LogP contribution is -2.50. The van der Waals surface area contributed by atoms with E-state index in [9.17, 15) is 19.2 Å². The van der Waals surface area contributed by atoms with Gasteiger partial charge in [0.25, 0.3) is 5.79 Å². The van der Waals surface area contributed by atoms with Gasteiger partial charge in [0.2, 0.25) is 0 Å². The summed E-state index contributed by atoms with van der Waals surface area (Å²) in [4.78, 5) is 44.6. The molecular weight excluding hydrogens is 312 g/mol. The second-order valence-electron chi connectivity index (χ2n) is 5.06. The molecule has 1 aliphatic heterocycles. The van der Waals surface area contributed by atoms with Crippen molar-refractivity contribution < 1.29 is 42.9 Å². The van der Waals surface area contributed by atoms with Crippen LogP contribution in [0.1, 0.15) is 34.1 Å². The van der Waals surface area contributed by atoms with Gasteiger partial charge in [-0.3, -0.25) is 19.2 Å². The molecule has 0 aliphatic carbocycles. The van der Waals surface area contributed by atoms with Crippen molar-refractivity contribution in [3.63, 3.8) is 0 Å². The molecule has 1 aliphatic rings. The molecule has 1 unspecified atom stereocenters. The molecule has 130 valence electrons. The summed E-state index contributed by atoms with van der Waals surface area (Å²) in [7, 11) is 0. The van der Waals surface area contributed by atoms with E-state index in [-0.39, 0.29) is 13.0 Å². The van der Waals surface area contributed by atoms with E-state index in [1.165, 1.54) is 20.8 Å². The van der Waals surface area contributed by atoms with Gasteiger partial charge in [0.1, 0.15) is 12.7 Å². The first-order valence-electron chi connectivity index (χ1n) is 6.96. The molecule has 1 fully saturated rings. The van der Waals surface area contributed by atoms with Gasteiger partial charge in [-0.1, -0.05) is 0 Å². The van der Waals surface area contributed by atoms with Crippen LogP contribution in [0.4, 0.5) is 0 Å². The normalized spacial score (nSPS) is 26.3. The van der Waals surface area contributed by atoms with Crippen molar-refractivity contribution in [1.82, 2.24) is 0 Å². The summed E-state index contributed by atoms with van der Waals surface area (Å²) in [5, 5.41) is 0. The molecule has 1 saturated heterocycles. The van der Waals surface area contributed by atoms with Gasteiger partial charge in [-0.05, 0) is 0 Å². The van der Waals surface area contributed by atoms with Crippen molar-refractivity contribution in [3.8, 4) is 0 Å². The number of rotatable bonds is 6. The van der Waals surface area contributed by atoms with Gasteiger partial charge in [0, 0.05) is 34.1 Å². The average molecular weight is 332 g/mol. The lowest BCUT2D eigenvalue weighted by Gasteiger charge is -2.32. The summed E-state index contributed by atoms with van der Waals surface area (Å²) in [5.74, 6) is -4.23. The zero-order valence-electron chi connectivity index (χ0n) is 13.5. The lowest BCUT2D eigenvalue weighted by molar-refractivity contribution is -0.269. The molecule has 0 bridgehead atoms. The highest BCUT2D eigenvalue weighted by atomic mass is 16.8. The van der Waals surface area contributed by atoms with Crippen molar-refractivity contribution in [2.24, 2.45) is 0 Å². The van der Waals surface area contributed by atoms with Crippen molar-refractivity contribution in [1.29, 1.82) is 0 Å². The minimum atomic E-state index is -1.77. The second kappa shape index (κ2) is 7.91. The van der Waals surface area contributed by atoms with E-state index in [0.29, 0.717) is 0 Å². The van der Waals surface area contributed by atoms with Gasteiger partial charge in [0.15, 0.2) is 12.7 Å². The highest BCUT2D eigenvalue weighted by Crippen LogP contribution is 2.35. The smallest absolute Gasteiger partial charge is 0.305 e.